The van der Waals surface area contributed by atoms with Crippen molar-refractivity contribution >= 4 is 27.4 Å². The van der Waals surface area contributed by atoms with Crippen LogP contribution >= 0.6 is 11.3 Å². The summed E-state index contributed by atoms with van der Waals surface area (Å²) in [5, 5.41) is 4.80. The summed E-state index contributed by atoms with van der Waals surface area (Å²) in [5.41, 5.74) is 3.59. The summed E-state index contributed by atoms with van der Waals surface area (Å²) in [6, 6.07) is 14.5. The predicted molar refractivity (Wildman–Crippen MR) is 108 cm³/mol. The first-order chi connectivity index (χ1) is 12.6. The van der Waals surface area contributed by atoms with Crippen molar-refractivity contribution in [3.8, 4) is 0 Å². The molecule has 0 amide bonds. The molecule has 0 unspecified atom stereocenters. The lowest BCUT2D eigenvalue weighted by Crippen LogP contribution is -2.14. The molecule has 5 heteroatoms. The van der Waals surface area contributed by atoms with Crippen LogP contribution < -0.4 is 5.32 Å². The van der Waals surface area contributed by atoms with Gasteiger partial charge in [0.05, 0.1) is 11.4 Å². The van der Waals surface area contributed by atoms with E-state index in [0.29, 0.717) is 0 Å². The summed E-state index contributed by atoms with van der Waals surface area (Å²) in [6.07, 6.45) is 3.65. The monoisotopic (exact) mass is 360 g/mol. The fourth-order valence-corrected chi connectivity index (χ4v) is 4.23. The van der Waals surface area contributed by atoms with E-state index in [-0.39, 0.29) is 6.04 Å². The van der Waals surface area contributed by atoms with E-state index in [9.17, 15) is 0 Å². The Kier molecular flexibility index (Phi) is 4.39. The second-order valence-corrected chi connectivity index (χ2v) is 7.55. The Morgan fingerprint density at radius 2 is 1.58 bits per heavy atom. The van der Waals surface area contributed by atoms with Gasteiger partial charge in [-0.1, -0.05) is 30.3 Å². The van der Waals surface area contributed by atoms with E-state index in [1.807, 2.05) is 37.5 Å². The quantitative estimate of drug-likeness (QED) is 0.542. The number of rotatable bonds is 4. The fourth-order valence-electron chi connectivity index (χ4n) is 3.16. The highest BCUT2D eigenvalue weighted by atomic mass is 32.1. The minimum atomic E-state index is -0.00342. The molecule has 0 saturated carbocycles. The highest BCUT2D eigenvalue weighted by molar-refractivity contribution is 7.18. The van der Waals surface area contributed by atoms with Gasteiger partial charge < -0.3 is 5.32 Å². The lowest BCUT2D eigenvalue weighted by atomic mass is 9.99. The lowest BCUT2D eigenvalue weighted by molar-refractivity contribution is 0.917. The number of aromatic nitrogens is 3. The van der Waals surface area contributed by atoms with Crippen molar-refractivity contribution in [1.29, 1.82) is 0 Å². The maximum Gasteiger partial charge on any atom is 0.139 e. The number of benzene rings is 1. The Balaban J connectivity index is 1.86. The molecule has 130 valence electrons. The molecule has 3 heterocycles. The first-order valence-electron chi connectivity index (χ1n) is 8.59. The van der Waals surface area contributed by atoms with Crippen molar-refractivity contribution in [1.82, 2.24) is 15.0 Å². The van der Waals surface area contributed by atoms with E-state index in [1.165, 1.54) is 16.0 Å². The van der Waals surface area contributed by atoms with Crippen molar-refractivity contribution in [3.63, 3.8) is 0 Å². The molecule has 0 bridgehead atoms. The summed E-state index contributed by atoms with van der Waals surface area (Å²) >= 11 is 1.72. The van der Waals surface area contributed by atoms with Crippen LogP contribution in [0.5, 0.6) is 0 Å². The number of thiophene rings is 1. The molecule has 0 aliphatic heterocycles. The molecule has 0 fully saturated rings. The molecule has 0 saturated heterocycles. The van der Waals surface area contributed by atoms with Gasteiger partial charge in [-0.2, -0.15) is 0 Å². The Morgan fingerprint density at radius 3 is 2.31 bits per heavy atom. The van der Waals surface area contributed by atoms with Gasteiger partial charge in [-0.15, -0.1) is 11.3 Å². The van der Waals surface area contributed by atoms with Crippen LogP contribution in [0.2, 0.25) is 0 Å². The molecule has 1 N–H and O–H groups in total. The fraction of sp³-hybridized carbons (Fsp3) is 0.190. The summed E-state index contributed by atoms with van der Waals surface area (Å²) in [7, 11) is 0. The topological polar surface area (TPSA) is 50.7 Å². The zero-order chi connectivity index (χ0) is 18.1. The molecule has 4 aromatic rings. The van der Waals surface area contributed by atoms with E-state index >= 15 is 0 Å². The van der Waals surface area contributed by atoms with Gasteiger partial charge in [-0.25, -0.2) is 9.97 Å². The van der Waals surface area contributed by atoms with Gasteiger partial charge in [0.1, 0.15) is 16.5 Å². The van der Waals surface area contributed by atoms with Gasteiger partial charge in [0.15, 0.2) is 0 Å². The molecule has 0 spiro atoms. The Hall–Kier alpha value is -2.79. The van der Waals surface area contributed by atoms with Crippen molar-refractivity contribution in [2.24, 2.45) is 0 Å². The first-order valence-corrected chi connectivity index (χ1v) is 9.41. The van der Waals surface area contributed by atoms with Gasteiger partial charge in [-0.05, 0) is 49.6 Å². The van der Waals surface area contributed by atoms with Gasteiger partial charge >= 0.3 is 0 Å². The van der Waals surface area contributed by atoms with E-state index in [4.69, 9.17) is 4.98 Å². The van der Waals surface area contributed by atoms with E-state index in [1.54, 1.807) is 11.3 Å². The minimum Gasteiger partial charge on any atom is -0.358 e. The summed E-state index contributed by atoms with van der Waals surface area (Å²) in [5.74, 6) is 1.67. The third-order valence-electron chi connectivity index (χ3n) is 4.59. The number of fused-ring (bicyclic) bond motifs is 1. The molecule has 1 aromatic carbocycles. The normalized spacial score (nSPS) is 12.3. The van der Waals surface area contributed by atoms with Gasteiger partial charge in [0.2, 0.25) is 0 Å². The largest absolute Gasteiger partial charge is 0.358 e. The number of nitrogens with one attached hydrogen (secondary N) is 1. The average Bonchev–Trinajstić information content (AvgIpc) is 2.94. The molecular formula is C21H20N4S. The van der Waals surface area contributed by atoms with Crippen LogP contribution in [0.25, 0.3) is 10.2 Å². The van der Waals surface area contributed by atoms with E-state index in [0.717, 1.165) is 27.4 Å². The second-order valence-electron chi connectivity index (χ2n) is 6.35. The third kappa shape index (κ3) is 3.06. The minimum absolute atomic E-state index is 0.00342. The zero-order valence-corrected chi connectivity index (χ0v) is 15.8. The molecule has 0 radical (unpaired) electrons. The molecule has 0 aliphatic rings. The average molecular weight is 360 g/mol. The number of pyridine rings is 1. The molecule has 4 rings (SSSR count). The summed E-state index contributed by atoms with van der Waals surface area (Å²) in [4.78, 5) is 15.8. The number of anilines is 1. The van der Waals surface area contributed by atoms with Crippen LogP contribution in [0.15, 0.2) is 54.9 Å². The highest BCUT2D eigenvalue weighted by Crippen LogP contribution is 2.35. The van der Waals surface area contributed by atoms with Gasteiger partial charge in [0, 0.05) is 17.3 Å². The van der Waals surface area contributed by atoms with Crippen molar-refractivity contribution in [2.75, 3.05) is 5.32 Å². The Labute approximate surface area is 157 Å². The van der Waals surface area contributed by atoms with Gasteiger partial charge in [-0.3, -0.25) is 4.98 Å². The first kappa shape index (κ1) is 16.7. The number of hydrogen-bond donors (Lipinski definition) is 1. The molecule has 3 aromatic heterocycles. The highest BCUT2D eigenvalue weighted by Gasteiger charge is 2.19. The number of nitrogens with zero attached hydrogens (tertiary/aromatic N) is 3. The molecular weight excluding hydrogens is 340 g/mol. The second kappa shape index (κ2) is 6.84. The van der Waals surface area contributed by atoms with Crippen LogP contribution in [-0.4, -0.2) is 15.0 Å². The Morgan fingerprint density at radius 1 is 0.885 bits per heavy atom. The summed E-state index contributed by atoms with van der Waals surface area (Å²) in [6.45, 7) is 6.22. The lowest BCUT2D eigenvalue weighted by Gasteiger charge is -2.21. The standard InChI is InChI=1S/C21H20N4S/c1-13-14(2)26-21-18(13)20(23-15(3)24-21)25-19(16-7-5-4-6-8-16)17-9-11-22-12-10-17/h4-12,19H,1-3H3,(H,23,24,25)/t19-/m1/s1. The van der Waals surface area contributed by atoms with Gasteiger partial charge in [0.25, 0.3) is 0 Å². The number of aryl methyl sites for hydroxylation is 3. The van der Waals surface area contributed by atoms with Crippen molar-refractivity contribution in [3.05, 3.63) is 82.3 Å². The van der Waals surface area contributed by atoms with E-state index < -0.39 is 0 Å². The predicted octanol–water partition coefficient (Wildman–Crippen LogP) is 5.21. The van der Waals surface area contributed by atoms with Crippen LogP contribution in [0.3, 0.4) is 0 Å². The molecule has 0 aliphatic carbocycles. The van der Waals surface area contributed by atoms with Crippen molar-refractivity contribution < 1.29 is 0 Å². The van der Waals surface area contributed by atoms with Crippen LogP contribution in [-0.2, 0) is 0 Å². The summed E-state index contributed by atoms with van der Waals surface area (Å²) < 4.78 is 0. The van der Waals surface area contributed by atoms with E-state index in [2.05, 4.69) is 53.4 Å². The van der Waals surface area contributed by atoms with Crippen molar-refractivity contribution in [2.45, 2.75) is 26.8 Å². The molecule has 4 nitrogen and oxygen atoms in total. The zero-order valence-electron chi connectivity index (χ0n) is 15.0. The smallest absolute Gasteiger partial charge is 0.139 e. The van der Waals surface area contributed by atoms with Crippen LogP contribution in [0.4, 0.5) is 5.82 Å². The maximum absolute atomic E-state index is 4.74. The third-order valence-corrected chi connectivity index (χ3v) is 5.70. The van der Waals surface area contributed by atoms with Crippen LogP contribution in [0.1, 0.15) is 33.4 Å². The Bertz CT molecular complexity index is 1000. The molecule has 26 heavy (non-hydrogen) atoms. The molecule has 1 atom stereocenters. The number of hydrogen-bond acceptors (Lipinski definition) is 5. The SMILES string of the molecule is Cc1nc(N[C@H](c2ccccc2)c2ccncc2)c2c(C)c(C)sc2n1. The van der Waals surface area contributed by atoms with Crippen LogP contribution in [0, 0.1) is 20.8 Å². The maximum atomic E-state index is 4.74.